The summed E-state index contributed by atoms with van der Waals surface area (Å²) in [6, 6.07) is 8.15. The van der Waals surface area contributed by atoms with Gasteiger partial charge in [0.2, 0.25) is 0 Å². The largest absolute Gasteiger partial charge is 0.491 e. The van der Waals surface area contributed by atoms with Gasteiger partial charge in [-0.3, -0.25) is 0 Å². The first-order valence-electron chi connectivity index (χ1n) is 6.18. The molecular weight excluding hydrogens is 214 g/mol. The molecule has 0 aliphatic rings. The zero-order valence-electron chi connectivity index (χ0n) is 11.0. The van der Waals surface area contributed by atoms with E-state index in [0.717, 1.165) is 30.8 Å². The molecule has 0 bridgehead atoms. The number of hydrogen-bond donors (Lipinski definition) is 1. The predicted molar refractivity (Wildman–Crippen MR) is 70.2 cm³/mol. The SMILES string of the molecule is CCC(N)c1ccc(OC(C)CCOC)cc1. The number of hydrogen-bond acceptors (Lipinski definition) is 3. The van der Waals surface area contributed by atoms with Crippen LogP contribution in [0.1, 0.15) is 38.3 Å². The van der Waals surface area contributed by atoms with Crippen molar-refractivity contribution in [2.45, 2.75) is 38.8 Å². The number of ether oxygens (including phenoxy) is 2. The minimum atomic E-state index is 0.120. The smallest absolute Gasteiger partial charge is 0.119 e. The Balaban J connectivity index is 2.50. The average Bonchev–Trinajstić information content (AvgIpc) is 2.36. The zero-order valence-corrected chi connectivity index (χ0v) is 11.0. The van der Waals surface area contributed by atoms with E-state index < -0.39 is 0 Å². The highest BCUT2D eigenvalue weighted by Gasteiger charge is 2.06. The number of benzene rings is 1. The molecule has 3 heteroatoms. The average molecular weight is 237 g/mol. The Kier molecular flexibility index (Phi) is 6.01. The molecule has 2 unspecified atom stereocenters. The Bertz CT molecular complexity index is 311. The van der Waals surface area contributed by atoms with E-state index in [4.69, 9.17) is 15.2 Å². The van der Waals surface area contributed by atoms with Crippen LogP contribution in [0.3, 0.4) is 0 Å². The highest BCUT2D eigenvalue weighted by atomic mass is 16.5. The van der Waals surface area contributed by atoms with Gasteiger partial charge in [0, 0.05) is 26.2 Å². The molecule has 0 radical (unpaired) electrons. The monoisotopic (exact) mass is 237 g/mol. The standard InChI is InChI=1S/C14H23NO2/c1-4-14(15)12-5-7-13(8-6-12)17-11(2)9-10-16-3/h5-8,11,14H,4,9-10,15H2,1-3H3. The molecule has 0 aliphatic carbocycles. The molecule has 1 aromatic carbocycles. The van der Waals surface area contributed by atoms with Crippen molar-refractivity contribution in [1.82, 2.24) is 0 Å². The summed E-state index contributed by atoms with van der Waals surface area (Å²) in [6.45, 7) is 4.85. The Morgan fingerprint density at radius 2 is 1.88 bits per heavy atom. The normalized spacial score (nSPS) is 14.4. The second-order valence-electron chi connectivity index (χ2n) is 4.29. The second kappa shape index (κ2) is 7.30. The highest BCUT2D eigenvalue weighted by Crippen LogP contribution is 2.19. The summed E-state index contributed by atoms with van der Waals surface area (Å²) < 4.78 is 10.8. The molecule has 17 heavy (non-hydrogen) atoms. The lowest BCUT2D eigenvalue weighted by atomic mass is 10.1. The van der Waals surface area contributed by atoms with E-state index in [0.29, 0.717) is 0 Å². The van der Waals surface area contributed by atoms with Gasteiger partial charge >= 0.3 is 0 Å². The summed E-state index contributed by atoms with van der Waals surface area (Å²) in [6.07, 6.45) is 2.01. The van der Waals surface area contributed by atoms with Gasteiger partial charge in [-0.15, -0.1) is 0 Å². The molecule has 96 valence electrons. The van der Waals surface area contributed by atoms with Gasteiger partial charge < -0.3 is 15.2 Å². The van der Waals surface area contributed by atoms with Crippen molar-refractivity contribution in [2.75, 3.05) is 13.7 Å². The first-order valence-corrected chi connectivity index (χ1v) is 6.18. The van der Waals surface area contributed by atoms with Crippen LogP contribution in [0.2, 0.25) is 0 Å². The van der Waals surface area contributed by atoms with Crippen LogP contribution in [0.15, 0.2) is 24.3 Å². The third-order valence-corrected chi connectivity index (χ3v) is 2.81. The van der Waals surface area contributed by atoms with Crippen molar-refractivity contribution in [3.05, 3.63) is 29.8 Å². The van der Waals surface area contributed by atoms with Gasteiger partial charge in [-0.25, -0.2) is 0 Å². The number of nitrogens with two attached hydrogens (primary N) is 1. The van der Waals surface area contributed by atoms with Gasteiger partial charge in [0.1, 0.15) is 5.75 Å². The first kappa shape index (κ1) is 14.0. The van der Waals surface area contributed by atoms with Gasteiger partial charge in [-0.2, -0.15) is 0 Å². The molecule has 0 heterocycles. The predicted octanol–water partition coefficient (Wildman–Crippen LogP) is 2.90. The molecule has 0 spiro atoms. The van der Waals surface area contributed by atoms with Crippen molar-refractivity contribution < 1.29 is 9.47 Å². The van der Waals surface area contributed by atoms with Crippen LogP contribution in [-0.4, -0.2) is 19.8 Å². The van der Waals surface area contributed by atoms with E-state index in [-0.39, 0.29) is 12.1 Å². The Labute approximate surface area is 104 Å². The molecule has 1 aromatic rings. The summed E-state index contributed by atoms with van der Waals surface area (Å²) in [7, 11) is 1.70. The maximum atomic E-state index is 5.95. The van der Waals surface area contributed by atoms with Gasteiger partial charge in [-0.1, -0.05) is 19.1 Å². The second-order valence-corrected chi connectivity index (χ2v) is 4.29. The molecule has 0 amide bonds. The Hall–Kier alpha value is -1.06. The minimum Gasteiger partial charge on any atom is -0.491 e. The summed E-state index contributed by atoms with van der Waals surface area (Å²) in [5.41, 5.74) is 7.11. The van der Waals surface area contributed by atoms with E-state index in [1.807, 2.05) is 31.2 Å². The van der Waals surface area contributed by atoms with Crippen LogP contribution in [-0.2, 0) is 4.74 Å². The van der Waals surface area contributed by atoms with E-state index in [1.165, 1.54) is 0 Å². The molecular formula is C14H23NO2. The van der Waals surface area contributed by atoms with Crippen LogP contribution in [0.25, 0.3) is 0 Å². The van der Waals surface area contributed by atoms with Crippen molar-refractivity contribution >= 4 is 0 Å². The van der Waals surface area contributed by atoms with Gasteiger partial charge in [-0.05, 0) is 31.0 Å². The third-order valence-electron chi connectivity index (χ3n) is 2.81. The van der Waals surface area contributed by atoms with Crippen molar-refractivity contribution in [3.63, 3.8) is 0 Å². The zero-order chi connectivity index (χ0) is 12.7. The fraction of sp³-hybridized carbons (Fsp3) is 0.571. The minimum absolute atomic E-state index is 0.120. The van der Waals surface area contributed by atoms with Crippen LogP contribution in [0, 0.1) is 0 Å². The van der Waals surface area contributed by atoms with Gasteiger partial charge in [0.05, 0.1) is 6.10 Å². The van der Waals surface area contributed by atoms with E-state index in [9.17, 15) is 0 Å². The summed E-state index contributed by atoms with van der Waals surface area (Å²) in [5, 5.41) is 0. The molecule has 1 rings (SSSR count). The summed E-state index contributed by atoms with van der Waals surface area (Å²) in [4.78, 5) is 0. The lowest BCUT2D eigenvalue weighted by Crippen LogP contribution is -2.14. The molecule has 0 aliphatic heterocycles. The van der Waals surface area contributed by atoms with E-state index in [1.54, 1.807) is 7.11 Å². The maximum absolute atomic E-state index is 5.95. The molecule has 0 aromatic heterocycles. The fourth-order valence-corrected chi connectivity index (χ4v) is 1.60. The number of rotatable bonds is 7. The quantitative estimate of drug-likeness (QED) is 0.793. The van der Waals surface area contributed by atoms with Crippen LogP contribution >= 0.6 is 0 Å². The lowest BCUT2D eigenvalue weighted by Gasteiger charge is -2.15. The summed E-state index contributed by atoms with van der Waals surface area (Å²) in [5.74, 6) is 0.889. The van der Waals surface area contributed by atoms with E-state index in [2.05, 4.69) is 6.92 Å². The first-order chi connectivity index (χ1) is 8.17. The van der Waals surface area contributed by atoms with Crippen molar-refractivity contribution in [1.29, 1.82) is 0 Å². The maximum Gasteiger partial charge on any atom is 0.119 e. The highest BCUT2D eigenvalue weighted by molar-refractivity contribution is 5.29. The molecule has 0 saturated heterocycles. The molecule has 0 fully saturated rings. The van der Waals surface area contributed by atoms with E-state index >= 15 is 0 Å². The van der Waals surface area contributed by atoms with Gasteiger partial charge in [0.15, 0.2) is 0 Å². The molecule has 3 nitrogen and oxygen atoms in total. The van der Waals surface area contributed by atoms with Crippen molar-refractivity contribution in [2.24, 2.45) is 5.73 Å². The molecule has 2 atom stereocenters. The van der Waals surface area contributed by atoms with Crippen LogP contribution in [0.4, 0.5) is 0 Å². The Morgan fingerprint density at radius 1 is 1.24 bits per heavy atom. The Morgan fingerprint density at radius 3 is 2.41 bits per heavy atom. The fourth-order valence-electron chi connectivity index (χ4n) is 1.60. The topological polar surface area (TPSA) is 44.5 Å². The lowest BCUT2D eigenvalue weighted by molar-refractivity contribution is 0.135. The van der Waals surface area contributed by atoms with Crippen molar-refractivity contribution in [3.8, 4) is 5.75 Å². The van der Waals surface area contributed by atoms with Crippen LogP contribution in [0.5, 0.6) is 5.75 Å². The van der Waals surface area contributed by atoms with Crippen LogP contribution < -0.4 is 10.5 Å². The third kappa shape index (κ3) is 4.75. The van der Waals surface area contributed by atoms with Gasteiger partial charge in [0.25, 0.3) is 0 Å². The number of methoxy groups -OCH3 is 1. The summed E-state index contributed by atoms with van der Waals surface area (Å²) >= 11 is 0. The molecule has 0 saturated carbocycles. The molecule has 2 N–H and O–H groups in total.